The molecule has 5 heteroatoms. The van der Waals surface area contributed by atoms with Crippen LogP contribution < -0.4 is 11.5 Å². The largest absolute Gasteiger partial charge is 0.330 e. The van der Waals surface area contributed by atoms with Crippen molar-refractivity contribution in [3.05, 3.63) is 34.4 Å². The van der Waals surface area contributed by atoms with E-state index in [4.69, 9.17) is 23.1 Å². The van der Waals surface area contributed by atoms with Crippen molar-refractivity contribution in [2.24, 2.45) is 11.5 Å². The van der Waals surface area contributed by atoms with E-state index in [1.807, 2.05) is 0 Å². The number of nitrogens with two attached hydrogens (primary N) is 2. The van der Waals surface area contributed by atoms with E-state index in [1.54, 1.807) is 0 Å². The van der Waals surface area contributed by atoms with E-state index in [0.717, 1.165) is 12.1 Å². The third-order valence-electron chi connectivity index (χ3n) is 2.17. The third kappa shape index (κ3) is 2.87. The van der Waals surface area contributed by atoms with Crippen LogP contribution in [-0.2, 0) is 0 Å². The van der Waals surface area contributed by atoms with Crippen LogP contribution in [0.25, 0.3) is 0 Å². The molecule has 1 atom stereocenters. The van der Waals surface area contributed by atoms with Crippen LogP contribution in [-0.4, -0.2) is 6.54 Å². The summed E-state index contributed by atoms with van der Waals surface area (Å²) in [5.41, 5.74) is 11.0. The molecule has 0 aliphatic rings. The maximum Gasteiger partial charge on any atom is 0.142 e. The van der Waals surface area contributed by atoms with Gasteiger partial charge in [-0.3, -0.25) is 0 Å². The van der Waals surface area contributed by atoms with Crippen LogP contribution in [0.5, 0.6) is 0 Å². The quantitative estimate of drug-likeness (QED) is 0.786. The Hall–Kier alpha value is -0.710. The minimum Gasteiger partial charge on any atom is -0.330 e. The van der Waals surface area contributed by atoms with Crippen LogP contribution >= 0.6 is 11.6 Å². The van der Waals surface area contributed by atoms with Gasteiger partial charge in [0.2, 0.25) is 0 Å². The molecule has 0 aliphatic heterocycles. The van der Waals surface area contributed by atoms with E-state index in [1.165, 1.54) is 0 Å². The number of hydrogen-bond donors (Lipinski definition) is 2. The molecule has 0 saturated carbocycles. The van der Waals surface area contributed by atoms with E-state index < -0.39 is 17.7 Å². The molecule has 0 fully saturated rings. The fourth-order valence-corrected chi connectivity index (χ4v) is 1.66. The van der Waals surface area contributed by atoms with Gasteiger partial charge in [0.15, 0.2) is 0 Å². The van der Waals surface area contributed by atoms with E-state index in [9.17, 15) is 8.78 Å². The number of halogens is 3. The van der Waals surface area contributed by atoms with Gasteiger partial charge >= 0.3 is 0 Å². The molecular formula is C10H13ClF2N2. The molecule has 0 aromatic heterocycles. The number of hydrogen-bond acceptors (Lipinski definition) is 2. The zero-order valence-electron chi connectivity index (χ0n) is 8.14. The summed E-state index contributed by atoms with van der Waals surface area (Å²) in [7, 11) is 0. The first-order chi connectivity index (χ1) is 7.07. The zero-order chi connectivity index (χ0) is 11.4. The summed E-state index contributed by atoms with van der Waals surface area (Å²) in [6, 6.07) is 1.40. The fourth-order valence-electron chi connectivity index (χ4n) is 1.36. The average molecular weight is 235 g/mol. The molecule has 0 saturated heterocycles. The normalized spacial score (nSPS) is 12.9. The maximum atomic E-state index is 13.3. The lowest BCUT2D eigenvalue weighted by molar-refractivity contribution is 0.540. The monoisotopic (exact) mass is 234 g/mol. The van der Waals surface area contributed by atoms with Gasteiger partial charge in [-0.2, -0.15) is 0 Å². The molecule has 0 bridgehead atoms. The summed E-state index contributed by atoms with van der Waals surface area (Å²) in [5, 5.41) is -0.237. The van der Waals surface area contributed by atoms with Crippen LogP contribution in [0, 0.1) is 11.6 Å². The van der Waals surface area contributed by atoms with Gasteiger partial charge in [0, 0.05) is 11.6 Å². The molecule has 0 unspecified atom stereocenters. The van der Waals surface area contributed by atoms with E-state index in [2.05, 4.69) is 0 Å². The maximum absolute atomic E-state index is 13.3. The summed E-state index contributed by atoms with van der Waals surface area (Å²) in [6.07, 6.45) is 1.13. The van der Waals surface area contributed by atoms with Crippen LogP contribution in [0.4, 0.5) is 8.78 Å². The van der Waals surface area contributed by atoms with Crippen LogP contribution in [0.3, 0.4) is 0 Å². The predicted octanol–water partition coefficient (Wildman–Crippen LogP) is 2.36. The van der Waals surface area contributed by atoms with Crippen molar-refractivity contribution in [3.8, 4) is 0 Å². The van der Waals surface area contributed by atoms with E-state index in [-0.39, 0.29) is 10.6 Å². The first-order valence-electron chi connectivity index (χ1n) is 4.67. The second kappa shape index (κ2) is 5.39. The van der Waals surface area contributed by atoms with Gasteiger partial charge in [0.05, 0.1) is 5.02 Å². The smallest absolute Gasteiger partial charge is 0.142 e. The molecule has 1 aromatic carbocycles. The Balaban J connectivity index is 2.96. The van der Waals surface area contributed by atoms with Gasteiger partial charge in [0.25, 0.3) is 0 Å². The molecule has 0 spiro atoms. The standard InChI is InChI=1S/C10H13ClF2N2/c11-10-7(13)4-3-6(12)9(10)8(15)2-1-5-14/h3-4,8H,1-2,5,14-15H2/t8-/m1/s1. The fraction of sp³-hybridized carbons (Fsp3) is 0.400. The molecule has 0 aliphatic carbocycles. The summed E-state index contributed by atoms with van der Waals surface area (Å²) in [4.78, 5) is 0. The van der Waals surface area contributed by atoms with Crippen molar-refractivity contribution in [2.45, 2.75) is 18.9 Å². The lowest BCUT2D eigenvalue weighted by Gasteiger charge is -2.14. The average Bonchev–Trinajstić information content (AvgIpc) is 2.21. The second-order valence-corrected chi connectivity index (χ2v) is 3.67. The van der Waals surface area contributed by atoms with Crippen LogP contribution in [0.1, 0.15) is 24.4 Å². The highest BCUT2D eigenvalue weighted by atomic mass is 35.5. The Bertz CT molecular complexity index is 344. The molecule has 0 amide bonds. The number of benzene rings is 1. The van der Waals surface area contributed by atoms with Crippen molar-refractivity contribution < 1.29 is 8.78 Å². The molecule has 4 N–H and O–H groups in total. The molecule has 0 heterocycles. The molecule has 84 valence electrons. The molecule has 1 aromatic rings. The third-order valence-corrected chi connectivity index (χ3v) is 2.55. The van der Waals surface area contributed by atoms with Crippen molar-refractivity contribution >= 4 is 11.6 Å². The molecule has 2 nitrogen and oxygen atoms in total. The van der Waals surface area contributed by atoms with Gasteiger partial charge < -0.3 is 11.5 Å². The van der Waals surface area contributed by atoms with E-state index >= 15 is 0 Å². The zero-order valence-corrected chi connectivity index (χ0v) is 8.90. The minimum absolute atomic E-state index is 0.0325. The highest BCUT2D eigenvalue weighted by Gasteiger charge is 2.17. The highest BCUT2D eigenvalue weighted by Crippen LogP contribution is 2.29. The summed E-state index contributed by atoms with van der Waals surface area (Å²) in [5.74, 6) is -1.23. The van der Waals surface area contributed by atoms with Crippen LogP contribution in [0.2, 0.25) is 5.02 Å². The van der Waals surface area contributed by atoms with Crippen LogP contribution in [0.15, 0.2) is 12.1 Å². The van der Waals surface area contributed by atoms with Crippen molar-refractivity contribution in [3.63, 3.8) is 0 Å². The molecule has 15 heavy (non-hydrogen) atoms. The summed E-state index contributed by atoms with van der Waals surface area (Å²) < 4.78 is 26.4. The summed E-state index contributed by atoms with van der Waals surface area (Å²) in [6.45, 7) is 0.461. The topological polar surface area (TPSA) is 52.0 Å². The van der Waals surface area contributed by atoms with Crippen molar-refractivity contribution in [2.75, 3.05) is 6.54 Å². The van der Waals surface area contributed by atoms with Gasteiger partial charge in [0.1, 0.15) is 11.6 Å². The Morgan fingerprint density at radius 1 is 1.27 bits per heavy atom. The minimum atomic E-state index is -0.656. The van der Waals surface area contributed by atoms with Gasteiger partial charge in [-0.05, 0) is 31.5 Å². The van der Waals surface area contributed by atoms with Gasteiger partial charge in [-0.1, -0.05) is 11.6 Å². The van der Waals surface area contributed by atoms with E-state index in [0.29, 0.717) is 19.4 Å². The Morgan fingerprint density at radius 3 is 2.47 bits per heavy atom. The Morgan fingerprint density at radius 2 is 1.87 bits per heavy atom. The second-order valence-electron chi connectivity index (χ2n) is 3.29. The highest BCUT2D eigenvalue weighted by molar-refractivity contribution is 6.31. The lowest BCUT2D eigenvalue weighted by Crippen LogP contribution is -2.15. The Labute approximate surface area is 92.2 Å². The predicted molar refractivity (Wildman–Crippen MR) is 56.6 cm³/mol. The lowest BCUT2D eigenvalue weighted by atomic mass is 10.0. The summed E-state index contributed by atoms with van der Waals surface area (Å²) >= 11 is 5.65. The molecule has 0 radical (unpaired) electrons. The first-order valence-corrected chi connectivity index (χ1v) is 5.04. The van der Waals surface area contributed by atoms with Crippen molar-refractivity contribution in [1.82, 2.24) is 0 Å². The van der Waals surface area contributed by atoms with Crippen molar-refractivity contribution in [1.29, 1.82) is 0 Å². The Kier molecular flexibility index (Phi) is 4.45. The van der Waals surface area contributed by atoms with Gasteiger partial charge in [-0.25, -0.2) is 8.78 Å². The SMILES string of the molecule is NCCC[C@@H](N)c1c(F)ccc(F)c1Cl. The molecular weight excluding hydrogens is 222 g/mol. The number of rotatable bonds is 4. The first kappa shape index (κ1) is 12.4. The molecule has 1 rings (SSSR count). The van der Waals surface area contributed by atoms with Gasteiger partial charge in [-0.15, -0.1) is 0 Å².